The van der Waals surface area contributed by atoms with E-state index in [4.69, 9.17) is 0 Å². The molecule has 1 aliphatic heterocycles. The molecule has 35 heavy (non-hydrogen) atoms. The lowest BCUT2D eigenvalue weighted by atomic mass is 9.92. The number of hydrogen-bond donors (Lipinski definition) is 0. The van der Waals surface area contributed by atoms with Crippen LogP contribution in [0.2, 0.25) is 0 Å². The van der Waals surface area contributed by atoms with Crippen LogP contribution in [0, 0.1) is 17.0 Å². The fourth-order valence-corrected chi connectivity index (χ4v) is 4.74. The molecule has 0 N–H and O–H groups in total. The fourth-order valence-electron chi connectivity index (χ4n) is 4.74. The van der Waals surface area contributed by atoms with E-state index < -0.39 is 4.92 Å². The Labute approximate surface area is 203 Å². The number of anilines is 1. The van der Waals surface area contributed by atoms with E-state index in [1.807, 2.05) is 48.5 Å². The second-order valence-corrected chi connectivity index (χ2v) is 8.92. The Bertz CT molecular complexity index is 1340. The monoisotopic (exact) mass is 469 g/mol. The number of benzene rings is 2. The molecule has 3 heterocycles. The number of rotatable bonds is 6. The quantitative estimate of drug-likeness (QED) is 0.308. The molecule has 0 spiro atoms. The smallest absolute Gasteiger partial charge is 0.269 e. The van der Waals surface area contributed by atoms with Gasteiger partial charge in [0.2, 0.25) is 5.91 Å². The zero-order valence-corrected chi connectivity index (χ0v) is 19.6. The van der Waals surface area contributed by atoms with Crippen LogP contribution in [0.4, 0.5) is 11.4 Å². The molecule has 0 saturated carbocycles. The first-order valence-corrected chi connectivity index (χ1v) is 11.8. The molecule has 0 bridgehead atoms. The van der Waals surface area contributed by atoms with Crippen LogP contribution in [0.1, 0.15) is 29.2 Å². The van der Waals surface area contributed by atoms with Crippen molar-refractivity contribution in [1.29, 1.82) is 0 Å². The lowest BCUT2D eigenvalue weighted by Crippen LogP contribution is -2.49. The van der Waals surface area contributed by atoms with Crippen molar-refractivity contribution in [2.24, 2.45) is 0 Å². The van der Waals surface area contributed by atoms with Gasteiger partial charge in [-0.25, -0.2) is 4.98 Å². The summed E-state index contributed by atoms with van der Waals surface area (Å²) in [5.41, 5.74) is 5.14. The highest BCUT2D eigenvalue weighted by Crippen LogP contribution is 2.30. The molecule has 1 aliphatic rings. The SMILES string of the molecule is Cc1ccn2c(C(CC(=O)N3CCN(c4ccc([N+](=O)[O-])cc4)CC3)c3ccccc3)cnc2c1. The van der Waals surface area contributed by atoms with Gasteiger partial charge in [0.15, 0.2) is 0 Å². The van der Waals surface area contributed by atoms with Gasteiger partial charge in [-0.15, -0.1) is 0 Å². The number of aryl methyl sites for hydroxylation is 1. The van der Waals surface area contributed by atoms with Crippen molar-refractivity contribution in [1.82, 2.24) is 14.3 Å². The Hall–Kier alpha value is -4.20. The number of carbonyl (C=O) groups is 1. The lowest BCUT2D eigenvalue weighted by molar-refractivity contribution is -0.384. The van der Waals surface area contributed by atoms with Crippen molar-refractivity contribution in [2.75, 3.05) is 31.1 Å². The molecular formula is C27H27N5O3. The summed E-state index contributed by atoms with van der Waals surface area (Å²) in [6, 6.07) is 20.8. The second kappa shape index (κ2) is 9.58. The Balaban J connectivity index is 1.31. The number of piperazine rings is 1. The van der Waals surface area contributed by atoms with Gasteiger partial charge in [-0.05, 0) is 42.3 Å². The molecule has 1 saturated heterocycles. The van der Waals surface area contributed by atoms with Gasteiger partial charge in [0.25, 0.3) is 5.69 Å². The Morgan fingerprint density at radius 2 is 1.74 bits per heavy atom. The molecule has 4 aromatic rings. The van der Waals surface area contributed by atoms with E-state index in [1.165, 1.54) is 12.1 Å². The molecule has 8 heteroatoms. The van der Waals surface area contributed by atoms with E-state index in [-0.39, 0.29) is 17.5 Å². The highest BCUT2D eigenvalue weighted by atomic mass is 16.6. The summed E-state index contributed by atoms with van der Waals surface area (Å²) < 4.78 is 2.07. The van der Waals surface area contributed by atoms with Crippen molar-refractivity contribution < 1.29 is 9.72 Å². The highest BCUT2D eigenvalue weighted by Gasteiger charge is 2.27. The van der Waals surface area contributed by atoms with Crippen molar-refractivity contribution in [3.05, 3.63) is 106 Å². The number of pyridine rings is 1. The van der Waals surface area contributed by atoms with Crippen molar-refractivity contribution in [3.63, 3.8) is 0 Å². The molecular weight excluding hydrogens is 442 g/mol. The van der Waals surface area contributed by atoms with E-state index in [2.05, 4.69) is 32.5 Å². The third kappa shape index (κ3) is 4.73. The number of nitrogens with zero attached hydrogens (tertiary/aromatic N) is 5. The van der Waals surface area contributed by atoms with Crippen LogP contribution in [0.3, 0.4) is 0 Å². The molecule has 0 aliphatic carbocycles. The molecule has 1 unspecified atom stereocenters. The first kappa shape index (κ1) is 22.6. The fraction of sp³-hybridized carbons (Fsp3) is 0.259. The topological polar surface area (TPSA) is 84.0 Å². The third-order valence-corrected chi connectivity index (χ3v) is 6.69. The number of carbonyl (C=O) groups excluding carboxylic acids is 1. The minimum absolute atomic E-state index is 0.0806. The molecule has 2 aromatic heterocycles. The lowest BCUT2D eigenvalue weighted by Gasteiger charge is -2.36. The number of aromatic nitrogens is 2. The van der Waals surface area contributed by atoms with Gasteiger partial charge in [0, 0.05) is 68.7 Å². The molecule has 2 aromatic carbocycles. The third-order valence-electron chi connectivity index (χ3n) is 6.69. The van der Waals surface area contributed by atoms with Gasteiger partial charge in [-0.2, -0.15) is 0 Å². The maximum Gasteiger partial charge on any atom is 0.269 e. The average Bonchev–Trinajstić information content (AvgIpc) is 3.30. The Morgan fingerprint density at radius 1 is 1.03 bits per heavy atom. The predicted molar refractivity (Wildman–Crippen MR) is 135 cm³/mol. The minimum Gasteiger partial charge on any atom is -0.368 e. The van der Waals surface area contributed by atoms with Crippen LogP contribution in [-0.4, -0.2) is 51.3 Å². The van der Waals surface area contributed by atoms with Crippen molar-refractivity contribution >= 4 is 22.9 Å². The summed E-state index contributed by atoms with van der Waals surface area (Å²) in [7, 11) is 0. The van der Waals surface area contributed by atoms with Crippen LogP contribution in [0.25, 0.3) is 5.65 Å². The molecule has 1 amide bonds. The van der Waals surface area contributed by atoms with E-state index in [0.29, 0.717) is 32.6 Å². The maximum absolute atomic E-state index is 13.4. The van der Waals surface area contributed by atoms with Crippen molar-refractivity contribution in [3.8, 4) is 0 Å². The Morgan fingerprint density at radius 3 is 2.43 bits per heavy atom. The standard InChI is InChI=1S/C27H27N5O3/c1-20-11-12-31-25(19-28-26(31)17-20)24(21-5-3-2-4-6-21)18-27(33)30-15-13-29(14-16-30)22-7-9-23(10-8-22)32(34)35/h2-12,17,19,24H,13-16,18H2,1H3. The summed E-state index contributed by atoms with van der Waals surface area (Å²) in [5.74, 6) is 0.0124. The summed E-state index contributed by atoms with van der Waals surface area (Å²) in [6.45, 7) is 4.65. The predicted octanol–water partition coefficient (Wildman–Crippen LogP) is 4.42. The zero-order valence-electron chi connectivity index (χ0n) is 19.6. The largest absolute Gasteiger partial charge is 0.368 e. The van der Waals surface area contributed by atoms with Gasteiger partial charge < -0.3 is 14.2 Å². The normalized spacial score (nSPS) is 14.8. The second-order valence-electron chi connectivity index (χ2n) is 8.92. The van der Waals surface area contributed by atoms with Crippen molar-refractivity contribution in [2.45, 2.75) is 19.3 Å². The van der Waals surface area contributed by atoms with Crippen LogP contribution in [0.15, 0.2) is 79.1 Å². The van der Waals surface area contributed by atoms with Crippen LogP contribution < -0.4 is 4.90 Å². The average molecular weight is 470 g/mol. The van der Waals surface area contributed by atoms with Crippen LogP contribution in [0.5, 0.6) is 0 Å². The van der Waals surface area contributed by atoms with Gasteiger partial charge >= 0.3 is 0 Å². The van der Waals surface area contributed by atoms with Crippen LogP contribution in [-0.2, 0) is 4.79 Å². The number of amides is 1. The number of non-ortho nitro benzene ring substituents is 1. The summed E-state index contributed by atoms with van der Waals surface area (Å²) >= 11 is 0. The Kier molecular flexibility index (Phi) is 6.18. The van der Waals surface area contributed by atoms with Gasteiger partial charge in [0.05, 0.1) is 10.6 Å². The summed E-state index contributed by atoms with van der Waals surface area (Å²) in [4.78, 5) is 32.6. The zero-order chi connectivity index (χ0) is 24.4. The molecule has 0 radical (unpaired) electrons. The molecule has 5 rings (SSSR count). The first-order valence-electron chi connectivity index (χ1n) is 11.8. The number of nitro groups is 1. The summed E-state index contributed by atoms with van der Waals surface area (Å²) in [6.07, 6.45) is 4.27. The number of hydrogen-bond acceptors (Lipinski definition) is 5. The number of nitro benzene ring substituents is 1. The summed E-state index contributed by atoms with van der Waals surface area (Å²) in [5, 5.41) is 10.9. The van der Waals surface area contributed by atoms with E-state index in [0.717, 1.165) is 28.2 Å². The highest BCUT2D eigenvalue weighted by molar-refractivity contribution is 5.78. The number of fused-ring (bicyclic) bond motifs is 1. The van der Waals surface area contributed by atoms with E-state index in [9.17, 15) is 14.9 Å². The van der Waals surface area contributed by atoms with E-state index >= 15 is 0 Å². The minimum atomic E-state index is -0.394. The molecule has 1 atom stereocenters. The van der Waals surface area contributed by atoms with E-state index in [1.54, 1.807) is 12.1 Å². The molecule has 178 valence electrons. The molecule has 1 fully saturated rings. The maximum atomic E-state index is 13.4. The van der Waals surface area contributed by atoms with Gasteiger partial charge in [0.1, 0.15) is 5.65 Å². The first-order chi connectivity index (χ1) is 17.0. The number of imidazole rings is 1. The van der Waals surface area contributed by atoms with Gasteiger partial charge in [-0.1, -0.05) is 30.3 Å². The molecule has 8 nitrogen and oxygen atoms in total. The van der Waals surface area contributed by atoms with Crippen LogP contribution >= 0.6 is 0 Å². The van der Waals surface area contributed by atoms with Gasteiger partial charge in [-0.3, -0.25) is 14.9 Å².